The minimum absolute atomic E-state index is 0.0549. The Balaban J connectivity index is 4.20. The van der Waals surface area contributed by atoms with Crippen LogP contribution in [0.3, 0.4) is 0 Å². The minimum atomic E-state index is 0.0549. The molecule has 6 nitrogen and oxygen atoms in total. The Bertz CT molecular complexity index is 293. The lowest BCUT2D eigenvalue weighted by Gasteiger charge is -2.25. The predicted octanol–water partition coefficient (Wildman–Crippen LogP) is 0.496. The molecule has 0 aliphatic rings. The maximum absolute atomic E-state index is 12.1. The van der Waals surface area contributed by atoms with Gasteiger partial charge in [0, 0.05) is 46.3 Å². The average Bonchev–Trinajstić information content (AvgIpc) is 2.44. The molecular formula is C14H29N3O3S. The number of ether oxygens (including phenoxy) is 2. The maximum atomic E-state index is 12.1. The average molecular weight is 319 g/mol. The number of rotatable bonds is 13. The van der Waals surface area contributed by atoms with Crippen molar-refractivity contribution in [1.82, 2.24) is 9.80 Å². The maximum Gasteiger partial charge on any atom is 0.236 e. The van der Waals surface area contributed by atoms with Gasteiger partial charge in [0.1, 0.15) is 0 Å². The standard InChI is InChI=1S/C14H29N3O3S/c1-4-19-10-8-17(9-11-20-5-2)12-14(18)16(3)7-6-13(15)21/h4-12H2,1-3H3,(H2,15,21). The van der Waals surface area contributed by atoms with Gasteiger partial charge in [-0.2, -0.15) is 0 Å². The number of hydrogen-bond donors (Lipinski definition) is 1. The molecule has 2 N–H and O–H groups in total. The normalized spacial score (nSPS) is 10.9. The fourth-order valence-corrected chi connectivity index (χ4v) is 1.75. The van der Waals surface area contributed by atoms with Crippen molar-refractivity contribution in [1.29, 1.82) is 0 Å². The van der Waals surface area contributed by atoms with E-state index in [4.69, 9.17) is 27.4 Å². The Morgan fingerprint density at radius 3 is 2.05 bits per heavy atom. The van der Waals surface area contributed by atoms with Gasteiger partial charge in [-0.1, -0.05) is 12.2 Å². The van der Waals surface area contributed by atoms with Gasteiger partial charge >= 0.3 is 0 Å². The number of nitrogens with two attached hydrogens (primary N) is 1. The molecule has 0 rings (SSSR count). The predicted molar refractivity (Wildman–Crippen MR) is 88.5 cm³/mol. The summed E-state index contributed by atoms with van der Waals surface area (Å²) >= 11 is 4.83. The number of carbonyl (C=O) groups excluding carboxylic acids is 1. The van der Waals surface area contributed by atoms with Crippen LogP contribution in [0.2, 0.25) is 0 Å². The zero-order chi connectivity index (χ0) is 16.1. The summed E-state index contributed by atoms with van der Waals surface area (Å²) in [5, 5.41) is 0. The molecule has 0 atom stereocenters. The molecule has 0 radical (unpaired) electrons. The van der Waals surface area contributed by atoms with Crippen LogP contribution < -0.4 is 5.73 Å². The molecule has 0 heterocycles. The topological polar surface area (TPSA) is 68.0 Å². The summed E-state index contributed by atoms with van der Waals surface area (Å²) in [7, 11) is 1.77. The third-order valence-corrected chi connectivity index (χ3v) is 3.19. The molecule has 0 aliphatic carbocycles. The summed E-state index contributed by atoms with van der Waals surface area (Å²) in [5.74, 6) is 0.0549. The van der Waals surface area contributed by atoms with E-state index in [0.717, 1.165) is 13.1 Å². The molecule has 0 fully saturated rings. The van der Waals surface area contributed by atoms with E-state index in [1.54, 1.807) is 11.9 Å². The third-order valence-electron chi connectivity index (χ3n) is 2.99. The minimum Gasteiger partial charge on any atom is -0.393 e. The van der Waals surface area contributed by atoms with Crippen LogP contribution in [0.25, 0.3) is 0 Å². The highest BCUT2D eigenvalue weighted by atomic mass is 32.1. The zero-order valence-corrected chi connectivity index (χ0v) is 14.3. The van der Waals surface area contributed by atoms with E-state index in [1.165, 1.54) is 0 Å². The first-order valence-corrected chi connectivity index (χ1v) is 7.82. The molecule has 7 heteroatoms. The molecule has 0 spiro atoms. The molecule has 21 heavy (non-hydrogen) atoms. The van der Waals surface area contributed by atoms with Crippen LogP contribution in [0.5, 0.6) is 0 Å². The van der Waals surface area contributed by atoms with Crippen LogP contribution in [0.1, 0.15) is 20.3 Å². The summed E-state index contributed by atoms with van der Waals surface area (Å²) in [4.78, 5) is 16.3. The van der Waals surface area contributed by atoms with Gasteiger partial charge in [0.2, 0.25) is 5.91 Å². The van der Waals surface area contributed by atoms with E-state index in [1.807, 2.05) is 18.7 Å². The SMILES string of the molecule is CCOCCN(CCOCC)CC(=O)N(C)CCC(N)=S. The summed E-state index contributed by atoms with van der Waals surface area (Å²) < 4.78 is 10.7. The van der Waals surface area contributed by atoms with Gasteiger partial charge in [0.25, 0.3) is 0 Å². The van der Waals surface area contributed by atoms with Crippen molar-refractivity contribution in [3.8, 4) is 0 Å². The smallest absolute Gasteiger partial charge is 0.236 e. The second-order valence-electron chi connectivity index (χ2n) is 4.70. The zero-order valence-electron chi connectivity index (χ0n) is 13.5. The van der Waals surface area contributed by atoms with Crippen molar-refractivity contribution >= 4 is 23.1 Å². The lowest BCUT2D eigenvalue weighted by Crippen LogP contribution is -2.42. The fourth-order valence-electron chi connectivity index (χ4n) is 1.66. The molecule has 0 aromatic rings. The number of hydrogen-bond acceptors (Lipinski definition) is 5. The number of likely N-dealkylation sites (N-methyl/N-ethyl adjacent to an activating group) is 1. The largest absolute Gasteiger partial charge is 0.393 e. The van der Waals surface area contributed by atoms with Crippen LogP contribution >= 0.6 is 12.2 Å². The molecular weight excluding hydrogens is 290 g/mol. The molecule has 0 aliphatic heterocycles. The Morgan fingerprint density at radius 1 is 1.10 bits per heavy atom. The van der Waals surface area contributed by atoms with Crippen LogP contribution in [0.15, 0.2) is 0 Å². The monoisotopic (exact) mass is 319 g/mol. The van der Waals surface area contributed by atoms with Crippen molar-refractivity contribution in [2.75, 3.05) is 59.7 Å². The molecule has 1 amide bonds. The molecule has 124 valence electrons. The summed E-state index contributed by atoms with van der Waals surface area (Å²) in [6, 6.07) is 0. The number of carbonyl (C=O) groups is 1. The van der Waals surface area contributed by atoms with Gasteiger partial charge in [-0.25, -0.2) is 0 Å². The summed E-state index contributed by atoms with van der Waals surface area (Å²) in [6.07, 6.45) is 0.551. The fraction of sp³-hybridized carbons (Fsp3) is 0.857. The van der Waals surface area contributed by atoms with E-state index in [9.17, 15) is 4.79 Å². The van der Waals surface area contributed by atoms with Crippen molar-refractivity contribution in [3.05, 3.63) is 0 Å². The second-order valence-corrected chi connectivity index (χ2v) is 5.23. The van der Waals surface area contributed by atoms with Crippen molar-refractivity contribution in [2.24, 2.45) is 5.73 Å². The first kappa shape index (κ1) is 20.2. The van der Waals surface area contributed by atoms with Crippen LogP contribution in [-0.4, -0.2) is 80.3 Å². The van der Waals surface area contributed by atoms with Gasteiger partial charge in [0.05, 0.1) is 24.7 Å². The van der Waals surface area contributed by atoms with Gasteiger partial charge in [-0.3, -0.25) is 9.69 Å². The highest BCUT2D eigenvalue weighted by Gasteiger charge is 2.14. The molecule has 0 bridgehead atoms. The van der Waals surface area contributed by atoms with Gasteiger partial charge in [-0.05, 0) is 13.8 Å². The quantitative estimate of drug-likeness (QED) is 0.394. The third kappa shape index (κ3) is 11.6. The van der Waals surface area contributed by atoms with Crippen LogP contribution in [0, 0.1) is 0 Å². The van der Waals surface area contributed by atoms with Crippen molar-refractivity contribution < 1.29 is 14.3 Å². The first-order valence-electron chi connectivity index (χ1n) is 7.41. The highest BCUT2D eigenvalue weighted by molar-refractivity contribution is 7.80. The summed E-state index contributed by atoms with van der Waals surface area (Å²) in [6.45, 7) is 8.86. The number of nitrogens with zero attached hydrogens (tertiary/aromatic N) is 2. The van der Waals surface area contributed by atoms with Gasteiger partial charge in [-0.15, -0.1) is 0 Å². The highest BCUT2D eigenvalue weighted by Crippen LogP contribution is 1.96. The Kier molecular flexibility index (Phi) is 12.5. The second kappa shape index (κ2) is 12.9. The Labute approximate surface area is 133 Å². The lowest BCUT2D eigenvalue weighted by molar-refractivity contribution is -0.131. The lowest BCUT2D eigenvalue weighted by atomic mass is 10.3. The first-order chi connectivity index (χ1) is 10.0. The van der Waals surface area contributed by atoms with Crippen molar-refractivity contribution in [3.63, 3.8) is 0 Å². The molecule has 0 aromatic heterocycles. The van der Waals surface area contributed by atoms with Crippen LogP contribution in [0.4, 0.5) is 0 Å². The number of amides is 1. The van der Waals surface area contributed by atoms with E-state index < -0.39 is 0 Å². The summed E-state index contributed by atoms with van der Waals surface area (Å²) in [5.41, 5.74) is 5.45. The van der Waals surface area contributed by atoms with E-state index in [-0.39, 0.29) is 5.91 Å². The van der Waals surface area contributed by atoms with Crippen LogP contribution in [-0.2, 0) is 14.3 Å². The molecule has 0 saturated carbocycles. The van der Waals surface area contributed by atoms with Crippen molar-refractivity contribution in [2.45, 2.75) is 20.3 Å². The Morgan fingerprint density at radius 2 is 1.62 bits per heavy atom. The van der Waals surface area contributed by atoms with Gasteiger partial charge < -0.3 is 20.1 Å². The van der Waals surface area contributed by atoms with E-state index in [0.29, 0.717) is 50.9 Å². The molecule has 0 unspecified atom stereocenters. The van der Waals surface area contributed by atoms with Gasteiger partial charge in [0.15, 0.2) is 0 Å². The number of thiocarbonyl (C=S) groups is 1. The molecule has 0 saturated heterocycles. The molecule has 0 aromatic carbocycles. The van der Waals surface area contributed by atoms with E-state index in [2.05, 4.69) is 0 Å². The Hall–Kier alpha value is -0.760. The van der Waals surface area contributed by atoms with E-state index >= 15 is 0 Å².